The summed E-state index contributed by atoms with van der Waals surface area (Å²) in [6.45, 7) is 11.5. The van der Waals surface area contributed by atoms with E-state index in [1.54, 1.807) is 0 Å². The SMILES string of the molecule is CCOC(=O)N1CCC(N[C@@H](Cn2ccnc2)C(C)(C)C)CC1. The molecule has 130 valence electrons. The average Bonchev–Trinajstić information content (AvgIpc) is 3.00. The van der Waals surface area contributed by atoms with E-state index in [4.69, 9.17) is 4.74 Å². The van der Waals surface area contributed by atoms with Crippen LogP contribution >= 0.6 is 0 Å². The molecule has 1 amide bonds. The van der Waals surface area contributed by atoms with Crippen molar-refractivity contribution in [2.24, 2.45) is 5.41 Å². The summed E-state index contributed by atoms with van der Waals surface area (Å²) >= 11 is 0. The lowest BCUT2D eigenvalue weighted by molar-refractivity contribution is 0.0911. The minimum absolute atomic E-state index is 0.155. The third kappa shape index (κ3) is 5.23. The summed E-state index contributed by atoms with van der Waals surface area (Å²) in [6.07, 6.45) is 7.44. The molecule has 0 saturated carbocycles. The predicted molar refractivity (Wildman–Crippen MR) is 90.2 cm³/mol. The molecule has 6 nitrogen and oxygen atoms in total. The van der Waals surface area contributed by atoms with Gasteiger partial charge in [0, 0.05) is 44.1 Å². The number of carbonyl (C=O) groups excluding carboxylic acids is 1. The van der Waals surface area contributed by atoms with Gasteiger partial charge in [-0.15, -0.1) is 0 Å². The van der Waals surface area contributed by atoms with Crippen LogP contribution in [0.25, 0.3) is 0 Å². The van der Waals surface area contributed by atoms with E-state index in [1.807, 2.05) is 30.5 Å². The van der Waals surface area contributed by atoms with Gasteiger partial charge in [-0.25, -0.2) is 9.78 Å². The van der Waals surface area contributed by atoms with Gasteiger partial charge in [0.25, 0.3) is 0 Å². The van der Waals surface area contributed by atoms with Crippen molar-refractivity contribution in [3.05, 3.63) is 18.7 Å². The highest BCUT2D eigenvalue weighted by Crippen LogP contribution is 2.23. The Labute approximate surface area is 139 Å². The summed E-state index contributed by atoms with van der Waals surface area (Å²) in [6, 6.07) is 0.796. The number of hydrogen-bond acceptors (Lipinski definition) is 4. The highest BCUT2D eigenvalue weighted by atomic mass is 16.6. The molecule has 6 heteroatoms. The number of likely N-dealkylation sites (tertiary alicyclic amines) is 1. The van der Waals surface area contributed by atoms with Crippen LogP contribution in [0, 0.1) is 5.41 Å². The molecule has 0 unspecified atom stereocenters. The first kappa shape index (κ1) is 17.8. The average molecular weight is 322 g/mol. The molecule has 1 aromatic rings. The van der Waals surface area contributed by atoms with Crippen LogP contribution in [0.2, 0.25) is 0 Å². The Kier molecular flexibility index (Phi) is 6.04. The van der Waals surface area contributed by atoms with Crippen LogP contribution in [0.3, 0.4) is 0 Å². The zero-order valence-electron chi connectivity index (χ0n) is 14.8. The molecule has 0 radical (unpaired) electrons. The summed E-state index contributed by atoms with van der Waals surface area (Å²) < 4.78 is 7.20. The van der Waals surface area contributed by atoms with Gasteiger partial charge < -0.3 is 19.5 Å². The van der Waals surface area contributed by atoms with Gasteiger partial charge in [0.2, 0.25) is 0 Å². The molecule has 0 bridgehead atoms. The molecule has 0 aliphatic carbocycles. The van der Waals surface area contributed by atoms with Crippen molar-refractivity contribution in [2.75, 3.05) is 19.7 Å². The molecule has 2 rings (SSSR count). The van der Waals surface area contributed by atoms with Crippen molar-refractivity contribution >= 4 is 6.09 Å². The number of hydrogen-bond donors (Lipinski definition) is 1. The van der Waals surface area contributed by atoms with Crippen LogP contribution in [-0.2, 0) is 11.3 Å². The molecule has 1 saturated heterocycles. The summed E-state index contributed by atoms with van der Waals surface area (Å²) in [4.78, 5) is 17.7. The third-order valence-corrected chi connectivity index (χ3v) is 4.46. The van der Waals surface area contributed by atoms with Crippen LogP contribution < -0.4 is 5.32 Å². The zero-order chi connectivity index (χ0) is 16.9. The Bertz CT molecular complexity index is 473. The molecule has 0 spiro atoms. The van der Waals surface area contributed by atoms with Crippen molar-refractivity contribution in [2.45, 2.75) is 59.2 Å². The van der Waals surface area contributed by atoms with E-state index in [-0.39, 0.29) is 11.5 Å². The molecule has 1 N–H and O–H groups in total. The van der Waals surface area contributed by atoms with E-state index in [0.29, 0.717) is 18.7 Å². The van der Waals surface area contributed by atoms with Crippen LogP contribution in [0.4, 0.5) is 4.79 Å². The number of piperidine rings is 1. The molecule has 1 fully saturated rings. The molecular formula is C17H30N4O2. The second kappa shape index (κ2) is 7.81. The predicted octanol–water partition coefficient (Wildman–Crippen LogP) is 2.51. The molecule has 2 heterocycles. The topological polar surface area (TPSA) is 59.4 Å². The smallest absolute Gasteiger partial charge is 0.409 e. The Hall–Kier alpha value is -1.56. The summed E-state index contributed by atoms with van der Waals surface area (Å²) in [5, 5.41) is 3.80. The number of rotatable bonds is 5. The van der Waals surface area contributed by atoms with Gasteiger partial charge in [-0.3, -0.25) is 0 Å². The standard InChI is InChI=1S/C17H30N4O2/c1-5-23-16(22)21-9-6-14(7-10-21)19-15(17(2,3)4)12-20-11-8-18-13-20/h8,11,13-15,19H,5-7,9-10,12H2,1-4H3/t15-/m0/s1. The van der Waals surface area contributed by atoms with Crippen molar-refractivity contribution in [1.82, 2.24) is 19.8 Å². The number of amides is 1. The summed E-state index contributed by atoms with van der Waals surface area (Å²) in [7, 11) is 0. The highest BCUT2D eigenvalue weighted by molar-refractivity contribution is 5.67. The maximum atomic E-state index is 11.8. The lowest BCUT2D eigenvalue weighted by atomic mass is 9.85. The maximum absolute atomic E-state index is 11.8. The monoisotopic (exact) mass is 322 g/mol. The van der Waals surface area contributed by atoms with Gasteiger partial charge >= 0.3 is 6.09 Å². The van der Waals surface area contributed by atoms with E-state index in [2.05, 4.69) is 35.6 Å². The summed E-state index contributed by atoms with van der Waals surface area (Å²) in [5.74, 6) is 0. The van der Waals surface area contributed by atoms with Crippen LogP contribution in [0.1, 0.15) is 40.5 Å². The van der Waals surface area contributed by atoms with Gasteiger partial charge in [0.15, 0.2) is 0 Å². The van der Waals surface area contributed by atoms with Gasteiger partial charge in [0.1, 0.15) is 0 Å². The number of nitrogens with one attached hydrogen (secondary N) is 1. The van der Waals surface area contributed by atoms with Crippen LogP contribution in [-0.4, -0.2) is 52.3 Å². The van der Waals surface area contributed by atoms with Gasteiger partial charge in [-0.05, 0) is 25.2 Å². The quantitative estimate of drug-likeness (QED) is 0.905. The van der Waals surface area contributed by atoms with E-state index < -0.39 is 0 Å². The lowest BCUT2D eigenvalue weighted by Gasteiger charge is -2.38. The number of aromatic nitrogens is 2. The molecule has 1 aliphatic rings. The van der Waals surface area contributed by atoms with Crippen molar-refractivity contribution in [3.8, 4) is 0 Å². The Morgan fingerprint density at radius 1 is 1.39 bits per heavy atom. The second-order valence-corrected chi connectivity index (χ2v) is 7.30. The first-order valence-electron chi connectivity index (χ1n) is 8.53. The van der Waals surface area contributed by atoms with Crippen molar-refractivity contribution in [1.29, 1.82) is 0 Å². The van der Waals surface area contributed by atoms with E-state index >= 15 is 0 Å². The number of carbonyl (C=O) groups is 1. The van der Waals surface area contributed by atoms with E-state index in [9.17, 15) is 4.79 Å². The lowest BCUT2D eigenvalue weighted by Crippen LogP contribution is -2.52. The second-order valence-electron chi connectivity index (χ2n) is 7.30. The largest absolute Gasteiger partial charge is 0.450 e. The fourth-order valence-electron chi connectivity index (χ4n) is 2.91. The first-order valence-corrected chi connectivity index (χ1v) is 8.53. The molecule has 23 heavy (non-hydrogen) atoms. The number of nitrogens with zero attached hydrogens (tertiary/aromatic N) is 3. The van der Waals surface area contributed by atoms with E-state index in [1.165, 1.54) is 0 Å². The normalized spacial score (nSPS) is 18.0. The minimum atomic E-state index is -0.184. The Balaban J connectivity index is 1.87. The Morgan fingerprint density at radius 2 is 2.09 bits per heavy atom. The van der Waals surface area contributed by atoms with Crippen LogP contribution in [0.15, 0.2) is 18.7 Å². The number of ether oxygens (including phenoxy) is 1. The van der Waals surface area contributed by atoms with Gasteiger partial charge in [-0.2, -0.15) is 0 Å². The maximum Gasteiger partial charge on any atom is 0.409 e. The molecule has 1 atom stereocenters. The molecule has 1 aromatic heterocycles. The van der Waals surface area contributed by atoms with Crippen LogP contribution in [0.5, 0.6) is 0 Å². The van der Waals surface area contributed by atoms with Crippen molar-refractivity contribution in [3.63, 3.8) is 0 Å². The third-order valence-electron chi connectivity index (χ3n) is 4.46. The molecular weight excluding hydrogens is 292 g/mol. The fraction of sp³-hybridized carbons (Fsp3) is 0.765. The Morgan fingerprint density at radius 3 is 2.61 bits per heavy atom. The first-order chi connectivity index (χ1) is 10.9. The molecule has 1 aliphatic heterocycles. The minimum Gasteiger partial charge on any atom is -0.450 e. The fourth-order valence-corrected chi connectivity index (χ4v) is 2.91. The van der Waals surface area contributed by atoms with Gasteiger partial charge in [0.05, 0.1) is 12.9 Å². The molecule has 0 aromatic carbocycles. The zero-order valence-corrected chi connectivity index (χ0v) is 14.8. The van der Waals surface area contributed by atoms with Crippen molar-refractivity contribution < 1.29 is 9.53 Å². The number of imidazole rings is 1. The van der Waals surface area contributed by atoms with Gasteiger partial charge in [-0.1, -0.05) is 20.8 Å². The van der Waals surface area contributed by atoms with E-state index in [0.717, 1.165) is 32.5 Å². The highest BCUT2D eigenvalue weighted by Gasteiger charge is 2.30. The summed E-state index contributed by atoms with van der Waals surface area (Å²) in [5.41, 5.74) is 0.155.